The largest absolute Gasteiger partial charge is 0.489 e. The van der Waals surface area contributed by atoms with Gasteiger partial charge in [0.25, 0.3) is 17.4 Å². The Hall–Kier alpha value is -4.48. The Bertz CT molecular complexity index is 1720. The van der Waals surface area contributed by atoms with Gasteiger partial charge in [0.2, 0.25) is 11.8 Å². The normalized spacial score (nSPS) is 22.2. The summed E-state index contributed by atoms with van der Waals surface area (Å²) in [5, 5.41) is 5.85. The molecule has 3 aromatic rings. The summed E-state index contributed by atoms with van der Waals surface area (Å²) in [4.78, 5) is 65.3. The van der Waals surface area contributed by atoms with Crippen molar-refractivity contribution in [3.8, 4) is 5.75 Å². The molecule has 2 fully saturated rings. The van der Waals surface area contributed by atoms with Crippen molar-refractivity contribution in [1.82, 2.24) is 19.7 Å². The maximum absolute atomic E-state index is 13.1. The number of imide groups is 2. The van der Waals surface area contributed by atoms with Crippen LogP contribution in [0.1, 0.15) is 57.0 Å². The number of likely N-dealkylation sites (tertiary alicyclic amines) is 1. The average molecular weight is 618 g/mol. The number of carbonyl (C=O) groups is 4. The van der Waals surface area contributed by atoms with Gasteiger partial charge in [-0.2, -0.15) is 0 Å². The molecule has 3 atom stereocenters. The Labute approximate surface area is 258 Å². The third-order valence-corrected chi connectivity index (χ3v) is 8.84. The predicted octanol–water partition coefficient (Wildman–Crippen LogP) is 2.92. The fraction of sp³-hybridized carbons (Fsp3) is 0.344. The third kappa shape index (κ3) is 5.72. The molecule has 11 nitrogen and oxygen atoms in total. The highest BCUT2D eigenvalue weighted by atomic mass is 35.5. The monoisotopic (exact) mass is 617 g/mol. The summed E-state index contributed by atoms with van der Waals surface area (Å²) < 4.78 is 7.42. The first-order chi connectivity index (χ1) is 21.1. The number of halogens is 1. The zero-order valence-corrected chi connectivity index (χ0v) is 25.1. The van der Waals surface area contributed by atoms with Gasteiger partial charge in [0.15, 0.2) is 0 Å². The number of fused-ring (bicyclic) bond motifs is 1. The molecule has 1 unspecified atom stereocenters. The van der Waals surface area contributed by atoms with Gasteiger partial charge in [-0.05, 0) is 61.2 Å². The standard InChI is InChI=1S/C32H32ClN5O6/c1-36-15-20(13-21(16-36)34-25-11-12-37(2)32(43)28(25)33)19-5-3-18(4-6-19)17-44-22-7-8-23-24(14-22)31(42)38(30(23)41)26-9-10-27(39)35-29(26)40/h3-8,11-12,14,20-21,26,34H,9-10,13,15-17H2,1-2H3,(H,35,39,40)/t20-,21+,26?/m0/s1. The number of benzene rings is 2. The number of pyridine rings is 1. The van der Waals surface area contributed by atoms with E-state index in [0.717, 1.165) is 30.0 Å². The third-order valence-electron chi connectivity index (χ3n) is 8.47. The van der Waals surface area contributed by atoms with Crippen LogP contribution in [-0.2, 0) is 23.2 Å². The van der Waals surface area contributed by atoms with Gasteiger partial charge < -0.3 is 19.5 Å². The molecular formula is C32H32ClN5O6. The fourth-order valence-corrected chi connectivity index (χ4v) is 6.44. The maximum Gasteiger partial charge on any atom is 0.271 e. The van der Waals surface area contributed by atoms with Crippen LogP contribution in [0.5, 0.6) is 5.75 Å². The van der Waals surface area contributed by atoms with E-state index in [9.17, 15) is 24.0 Å². The Morgan fingerprint density at radius 3 is 2.45 bits per heavy atom. The molecule has 3 aliphatic rings. The van der Waals surface area contributed by atoms with Gasteiger partial charge in [-0.1, -0.05) is 35.9 Å². The average Bonchev–Trinajstić information content (AvgIpc) is 3.25. The molecule has 0 bridgehead atoms. The van der Waals surface area contributed by atoms with E-state index in [-0.39, 0.29) is 53.1 Å². The number of amides is 4. The Balaban J connectivity index is 1.08. The van der Waals surface area contributed by atoms with Gasteiger partial charge in [-0.3, -0.25) is 34.2 Å². The van der Waals surface area contributed by atoms with E-state index < -0.39 is 29.7 Å². The number of likely N-dealkylation sites (N-methyl/N-ethyl adjacent to an activating group) is 1. The van der Waals surface area contributed by atoms with E-state index in [1.807, 2.05) is 18.2 Å². The van der Waals surface area contributed by atoms with Crippen molar-refractivity contribution < 1.29 is 23.9 Å². The van der Waals surface area contributed by atoms with E-state index in [4.69, 9.17) is 16.3 Å². The fourth-order valence-electron chi connectivity index (χ4n) is 6.19. The first-order valence-corrected chi connectivity index (χ1v) is 14.8. The van der Waals surface area contributed by atoms with Crippen molar-refractivity contribution in [3.63, 3.8) is 0 Å². The number of anilines is 1. The molecule has 2 N–H and O–H groups in total. The minimum Gasteiger partial charge on any atom is -0.489 e. The van der Waals surface area contributed by atoms with Crippen molar-refractivity contribution in [2.75, 3.05) is 25.5 Å². The second-order valence-electron chi connectivity index (χ2n) is 11.6. The second kappa shape index (κ2) is 11.9. The number of nitrogens with one attached hydrogen (secondary N) is 2. The molecule has 2 aromatic carbocycles. The Morgan fingerprint density at radius 2 is 1.70 bits per heavy atom. The van der Waals surface area contributed by atoms with Crippen LogP contribution in [0.15, 0.2) is 59.5 Å². The predicted molar refractivity (Wildman–Crippen MR) is 163 cm³/mol. The van der Waals surface area contributed by atoms with Gasteiger partial charge in [-0.15, -0.1) is 0 Å². The molecule has 1 aromatic heterocycles. The molecule has 0 aliphatic carbocycles. The van der Waals surface area contributed by atoms with Crippen molar-refractivity contribution >= 4 is 40.9 Å². The van der Waals surface area contributed by atoms with Gasteiger partial charge in [0.05, 0.1) is 16.8 Å². The van der Waals surface area contributed by atoms with Gasteiger partial charge in [0.1, 0.15) is 23.4 Å². The highest BCUT2D eigenvalue weighted by molar-refractivity contribution is 6.33. The highest BCUT2D eigenvalue weighted by Gasteiger charge is 2.44. The maximum atomic E-state index is 13.1. The number of aromatic nitrogens is 1. The van der Waals surface area contributed by atoms with E-state index in [0.29, 0.717) is 11.4 Å². The van der Waals surface area contributed by atoms with Crippen molar-refractivity contribution in [3.05, 3.63) is 92.4 Å². The lowest BCUT2D eigenvalue weighted by atomic mass is 9.88. The molecule has 44 heavy (non-hydrogen) atoms. The lowest BCUT2D eigenvalue weighted by Crippen LogP contribution is -2.54. The minimum absolute atomic E-state index is 0.0663. The SMILES string of the molecule is CN1C[C@H](Nc2ccn(C)c(=O)c2Cl)C[C@H](c2ccc(COc3ccc4c(c3)C(=O)N(C3CCC(=O)NC3=O)C4=O)cc2)C1. The van der Waals surface area contributed by atoms with E-state index >= 15 is 0 Å². The molecule has 12 heteroatoms. The van der Waals surface area contributed by atoms with Crippen molar-refractivity contribution in [2.24, 2.45) is 7.05 Å². The zero-order valence-electron chi connectivity index (χ0n) is 24.3. The summed E-state index contributed by atoms with van der Waals surface area (Å²) in [5.41, 5.74) is 2.92. The van der Waals surface area contributed by atoms with Crippen LogP contribution in [-0.4, -0.2) is 70.2 Å². The number of aryl methyl sites for hydroxylation is 1. The quantitative estimate of drug-likeness (QED) is 0.387. The number of rotatable bonds is 7. The zero-order chi connectivity index (χ0) is 31.1. The molecule has 0 radical (unpaired) electrons. The lowest BCUT2D eigenvalue weighted by Gasteiger charge is -2.37. The molecule has 2 saturated heterocycles. The summed E-state index contributed by atoms with van der Waals surface area (Å²) in [6, 6.07) is 13.8. The van der Waals surface area contributed by atoms with E-state index in [1.165, 1.54) is 22.3 Å². The molecule has 0 spiro atoms. The van der Waals surface area contributed by atoms with Crippen LogP contribution in [0.2, 0.25) is 5.02 Å². The molecule has 3 aliphatic heterocycles. The molecular weight excluding hydrogens is 586 g/mol. The van der Waals surface area contributed by atoms with Crippen molar-refractivity contribution in [1.29, 1.82) is 0 Å². The van der Waals surface area contributed by atoms with E-state index in [1.54, 1.807) is 19.3 Å². The highest BCUT2D eigenvalue weighted by Crippen LogP contribution is 2.32. The Morgan fingerprint density at radius 1 is 0.955 bits per heavy atom. The molecule has 0 saturated carbocycles. The van der Waals surface area contributed by atoms with E-state index in [2.05, 4.69) is 34.7 Å². The first kappa shape index (κ1) is 29.6. The smallest absolute Gasteiger partial charge is 0.271 e. The molecule has 4 heterocycles. The van der Waals surface area contributed by atoms with Crippen LogP contribution in [0, 0.1) is 0 Å². The summed E-state index contributed by atoms with van der Waals surface area (Å²) >= 11 is 6.31. The van der Waals surface area contributed by atoms with Gasteiger partial charge in [0, 0.05) is 38.8 Å². The number of carbonyl (C=O) groups excluding carboxylic acids is 4. The summed E-state index contributed by atoms with van der Waals surface area (Å²) in [7, 11) is 3.75. The molecule has 228 valence electrons. The lowest BCUT2D eigenvalue weighted by molar-refractivity contribution is -0.136. The van der Waals surface area contributed by atoms with Gasteiger partial charge >= 0.3 is 0 Å². The summed E-state index contributed by atoms with van der Waals surface area (Å²) in [6.45, 7) is 1.98. The summed E-state index contributed by atoms with van der Waals surface area (Å²) in [5.74, 6) is -1.48. The minimum atomic E-state index is -1.01. The summed E-state index contributed by atoms with van der Waals surface area (Å²) in [6.07, 6.45) is 2.75. The number of hydrogen-bond donors (Lipinski definition) is 2. The van der Waals surface area contributed by atoms with Crippen LogP contribution in [0.4, 0.5) is 5.69 Å². The molecule has 4 amide bonds. The number of piperidine rings is 2. The second-order valence-corrected chi connectivity index (χ2v) is 12.0. The molecule has 6 rings (SSSR count). The van der Waals surface area contributed by atoms with Gasteiger partial charge in [-0.25, -0.2) is 0 Å². The van der Waals surface area contributed by atoms with Crippen LogP contribution < -0.4 is 20.9 Å². The Kier molecular flexibility index (Phi) is 8.00. The van der Waals surface area contributed by atoms with Crippen molar-refractivity contribution in [2.45, 2.75) is 43.9 Å². The van der Waals surface area contributed by atoms with Crippen LogP contribution >= 0.6 is 11.6 Å². The van der Waals surface area contributed by atoms with Crippen LogP contribution in [0.3, 0.4) is 0 Å². The number of nitrogens with zero attached hydrogens (tertiary/aromatic N) is 3. The van der Waals surface area contributed by atoms with Crippen LogP contribution in [0.25, 0.3) is 0 Å². The topological polar surface area (TPSA) is 130 Å². The number of ether oxygens (including phenoxy) is 1. The first-order valence-electron chi connectivity index (χ1n) is 14.5. The number of hydrogen-bond acceptors (Lipinski definition) is 8.